The molecule has 0 unspecified atom stereocenters. The second-order valence-electron chi connectivity index (χ2n) is 7.54. The number of carbonyl (C=O) groups excluding carboxylic acids is 2. The van der Waals surface area contributed by atoms with Gasteiger partial charge in [0, 0.05) is 11.1 Å². The Bertz CT molecular complexity index is 1210. The average Bonchev–Trinajstić information content (AvgIpc) is 3.31. The van der Waals surface area contributed by atoms with Gasteiger partial charge in [-0.2, -0.15) is 0 Å². The highest BCUT2D eigenvalue weighted by molar-refractivity contribution is 6.34. The fourth-order valence-electron chi connectivity index (χ4n) is 4.07. The Labute approximate surface area is 183 Å². The molecule has 3 aromatic rings. The van der Waals surface area contributed by atoms with Gasteiger partial charge in [-0.15, -0.1) is 0 Å². The second kappa shape index (κ2) is 7.41. The number of ketones is 1. The van der Waals surface area contributed by atoms with E-state index in [9.17, 15) is 14.7 Å². The number of fused-ring (bicyclic) bond motifs is 2. The van der Waals surface area contributed by atoms with Crippen LogP contribution in [0.1, 0.15) is 27.9 Å². The number of benzene rings is 3. The summed E-state index contributed by atoms with van der Waals surface area (Å²) in [6.45, 7) is 0.378. The first-order chi connectivity index (χ1) is 15.0. The zero-order valence-electron chi connectivity index (χ0n) is 16.4. The molecule has 0 fully saturated rings. The minimum Gasteiger partial charge on any atom is -0.454 e. The summed E-state index contributed by atoms with van der Waals surface area (Å²) in [4.78, 5) is 27.8. The number of carbonyl (C=O) groups is 2. The number of halogens is 1. The summed E-state index contributed by atoms with van der Waals surface area (Å²) in [5, 5.41) is 11.7. The van der Waals surface area contributed by atoms with Gasteiger partial charge in [-0.05, 0) is 35.9 Å². The van der Waals surface area contributed by atoms with Crippen LogP contribution >= 0.6 is 11.6 Å². The zero-order valence-corrected chi connectivity index (χ0v) is 17.1. The Morgan fingerprint density at radius 3 is 2.61 bits per heavy atom. The lowest BCUT2D eigenvalue weighted by atomic mass is 9.88. The van der Waals surface area contributed by atoms with Gasteiger partial charge in [-0.1, -0.05) is 48.0 Å². The molecule has 31 heavy (non-hydrogen) atoms. The van der Waals surface area contributed by atoms with E-state index in [-0.39, 0.29) is 23.9 Å². The molecule has 0 spiro atoms. The molecule has 2 heterocycles. The largest absolute Gasteiger partial charge is 0.454 e. The van der Waals surface area contributed by atoms with E-state index in [4.69, 9.17) is 21.1 Å². The first-order valence-electron chi connectivity index (χ1n) is 9.77. The van der Waals surface area contributed by atoms with Crippen molar-refractivity contribution in [1.29, 1.82) is 0 Å². The number of hydrogen-bond acceptors (Lipinski definition) is 5. The smallest absolute Gasteiger partial charge is 0.264 e. The average molecular weight is 436 g/mol. The molecule has 6 nitrogen and oxygen atoms in total. The number of anilines is 1. The molecule has 156 valence electrons. The Hall–Kier alpha value is -3.35. The summed E-state index contributed by atoms with van der Waals surface area (Å²) in [5.41, 5.74) is 0.0929. The van der Waals surface area contributed by atoms with Crippen LogP contribution in [0.3, 0.4) is 0 Å². The fourth-order valence-corrected chi connectivity index (χ4v) is 4.31. The van der Waals surface area contributed by atoms with Gasteiger partial charge in [-0.3, -0.25) is 9.59 Å². The van der Waals surface area contributed by atoms with Gasteiger partial charge < -0.3 is 19.5 Å². The van der Waals surface area contributed by atoms with Crippen molar-refractivity contribution in [1.82, 2.24) is 0 Å². The van der Waals surface area contributed by atoms with E-state index in [2.05, 4.69) is 0 Å². The van der Waals surface area contributed by atoms with Crippen molar-refractivity contribution in [2.75, 3.05) is 11.7 Å². The summed E-state index contributed by atoms with van der Waals surface area (Å²) < 4.78 is 10.8. The number of aliphatic hydroxyl groups is 1. The summed E-state index contributed by atoms with van der Waals surface area (Å²) in [6.07, 6.45) is -0.399. The topological polar surface area (TPSA) is 76.1 Å². The number of rotatable bonds is 5. The van der Waals surface area contributed by atoms with Gasteiger partial charge in [0.2, 0.25) is 6.79 Å². The van der Waals surface area contributed by atoms with Crippen LogP contribution < -0.4 is 14.4 Å². The van der Waals surface area contributed by atoms with Crippen LogP contribution in [0.15, 0.2) is 66.7 Å². The van der Waals surface area contributed by atoms with E-state index < -0.39 is 23.7 Å². The highest BCUT2D eigenvalue weighted by Crippen LogP contribution is 2.44. The Kier molecular flexibility index (Phi) is 4.68. The minimum atomic E-state index is -1.97. The molecule has 7 heteroatoms. The lowest BCUT2D eigenvalue weighted by molar-refractivity contribution is -0.136. The van der Waals surface area contributed by atoms with Crippen LogP contribution in [0.25, 0.3) is 0 Å². The van der Waals surface area contributed by atoms with Crippen molar-refractivity contribution >= 4 is 29.0 Å². The molecular formula is C24H18ClNO5. The highest BCUT2D eigenvalue weighted by Gasteiger charge is 2.50. The molecule has 5 rings (SSSR count). The third-order valence-corrected chi connectivity index (χ3v) is 5.94. The number of nitrogens with zero attached hydrogens (tertiary/aromatic N) is 1. The van der Waals surface area contributed by atoms with Gasteiger partial charge >= 0.3 is 0 Å². The molecule has 0 aliphatic carbocycles. The van der Waals surface area contributed by atoms with E-state index in [1.54, 1.807) is 54.6 Å². The first-order valence-corrected chi connectivity index (χ1v) is 10.2. The van der Waals surface area contributed by atoms with Gasteiger partial charge in [-0.25, -0.2) is 0 Å². The van der Waals surface area contributed by atoms with Crippen LogP contribution in [0.2, 0.25) is 5.02 Å². The van der Waals surface area contributed by atoms with Gasteiger partial charge in [0.15, 0.2) is 22.9 Å². The molecule has 1 N–H and O–H groups in total. The summed E-state index contributed by atoms with van der Waals surface area (Å²) in [7, 11) is 0. The molecule has 1 atom stereocenters. The van der Waals surface area contributed by atoms with E-state index in [0.29, 0.717) is 22.7 Å². The fraction of sp³-hybridized carbons (Fsp3) is 0.167. The van der Waals surface area contributed by atoms with Gasteiger partial charge in [0.1, 0.15) is 0 Å². The molecule has 2 aliphatic heterocycles. The predicted octanol–water partition coefficient (Wildman–Crippen LogP) is 4.08. The van der Waals surface area contributed by atoms with Crippen molar-refractivity contribution in [3.63, 3.8) is 0 Å². The lowest BCUT2D eigenvalue weighted by Gasteiger charge is -2.23. The van der Waals surface area contributed by atoms with Crippen LogP contribution in [0, 0.1) is 0 Å². The Morgan fingerprint density at radius 2 is 1.77 bits per heavy atom. The van der Waals surface area contributed by atoms with Crippen molar-refractivity contribution in [2.45, 2.75) is 18.6 Å². The van der Waals surface area contributed by atoms with Crippen molar-refractivity contribution < 1.29 is 24.2 Å². The minimum absolute atomic E-state index is 0.161. The number of para-hydroxylation sites is 1. The van der Waals surface area contributed by atoms with E-state index >= 15 is 0 Å². The SMILES string of the molecule is O=C(C[C@]1(O)C(=O)N(Cc2ccc3c(c2)OCO3)c2ccccc21)c1ccccc1Cl. The zero-order chi connectivity index (χ0) is 21.6. The summed E-state index contributed by atoms with van der Waals surface area (Å²) >= 11 is 6.15. The van der Waals surface area contributed by atoms with E-state index in [1.165, 1.54) is 4.90 Å². The van der Waals surface area contributed by atoms with Crippen molar-refractivity contribution in [3.05, 3.63) is 88.4 Å². The standard InChI is InChI=1S/C24H18ClNO5/c25-18-7-3-1-5-16(18)20(27)12-24(29)17-6-2-4-8-19(17)26(23(24)28)13-15-9-10-21-22(11-15)31-14-30-21/h1-11,29H,12-14H2/t24-/m1/s1. The maximum Gasteiger partial charge on any atom is 0.264 e. The molecule has 3 aromatic carbocycles. The molecule has 0 saturated carbocycles. The van der Waals surface area contributed by atoms with Gasteiger partial charge in [0.25, 0.3) is 5.91 Å². The lowest BCUT2D eigenvalue weighted by Crippen LogP contribution is -2.41. The molecule has 0 saturated heterocycles. The normalized spacial score (nSPS) is 18.9. The van der Waals surface area contributed by atoms with Crippen LogP contribution in [0.5, 0.6) is 11.5 Å². The van der Waals surface area contributed by atoms with E-state index in [1.807, 2.05) is 12.1 Å². The molecule has 0 bridgehead atoms. The quantitative estimate of drug-likeness (QED) is 0.611. The number of hydrogen-bond donors (Lipinski definition) is 1. The summed E-state index contributed by atoms with van der Waals surface area (Å²) in [5.74, 6) is 0.313. The van der Waals surface area contributed by atoms with Crippen LogP contribution in [0.4, 0.5) is 5.69 Å². The molecule has 2 aliphatic rings. The van der Waals surface area contributed by atoms with Crippen molar-refractivity contribution in [3.8, 4) is 11.5 Å². The molecular weight excluding hydrogens is 418 g/mol. The molecule has 0 radical (unpaired) electrons. The van der Waals surface area contributed by atoms with Crippen molar-refractivity contribution in [2.24, 2.45) is 0 Å². The number of amides is 1. The Balaban J connectivity index is 1.48. The second-order valence-corrected chi connectivity index (χ2v) is 7.94. The molecule has 1 amide bonds. The number of Topliss-reactive ketones (excluding diaryl/α,β-unsaturated/α-hetero) is 1. The monoisotopic (exact) mass is 435 g/mol. The van der Waals surface area contributed by atoms with Crippen LogP contribution in [-0.4, -0.2) is 23.6 Å². The summed E-state index contributed by atoms with van der Waals surface area (Å²) in [6, 6.07) is 19.0. The Morgan fingerprint density at radius 1 is 1.03 bits per heavy atom. The number of ether oxygens (including phenoxy) is 2. The predicted molar refractivity (Wildman–Crippen MR) is 114 cm³/mol. The third-order valence-electron chi connectivity index (χ3n) is 5.61. The maximum absolute atomic E-state index is 13.4. The molecule has 0 aromatic heterocycles. The first kappa shape index (κ1) is 19.6. The van der Waals surface area contributed by atoms with Gasteiger partial charge in [0.05, 0.1) is 23.7 Å². The van der Waals surface area contributed by atoms with E-state index in [0.717, 1.165) is 5.56 Å². The third kappa shape index (κ3) is 3.24. The van der Waals surface area contributed by atoms with Crippen LogP contribution in [-0.2, 0) is 16.9 Å². The highest BCUT2D eigenvalue weighted by atomic mass is 35.5. The maximum atomic E-state index is 13.4.